The molecule has 0 saturated carbocycles. The van der Waals surface area contributed by atoms with Gasteiger partial charge in [-0.1, -0.05) is 91.0 Å². The molecule has 35 heavy (non-hydrogen) atoms. The highest BCUT2D eigenvalue weighted by Crippen LogP contribution is 2.34. The van der Waals surface area contributed by atoms with E-state index in [2.05, 4.69) is 40.6 Å². The van der Waals surface area contributed by atoms with E-state index in [0.29, 0.717) is 17.2 Å². The molecule has 1 aromatic heterocycles. The summed E-state index contributed by atoms with van der Waals surface area (Å²) in [5, 5.41) is 2.23. The van der Waals surface area contributed by atoms with E-state index >= 15 is 0 Å². The van der Waals surface area contributed by atoms with Crippen molar-refractivity contribution in [2.24, 2.45) is 0 Å². The number of para-hydroxylation sites is 5. The van der Waals surface area contributed by atoms with Crippen LogP contribution in [-0.2, 0) is 0 Å². The summed E-state index contributed by atoms with van der Waals surface area (Å²) in [5.41, 5.74) is 1.98. The van der Waals surface area contributed by atoms with Crippen molar-refractivity contribution < 1.29 is 13.3 Å². The summed E-state index contributed by atoms with van der Waals surface area (Å²) >= 11 is 0. The van der Waals surface area contributed by atoms with Gasteiger partial charge in [0.15, 0.2) is 0 Å². The Morgan fingerprint density at radius 2 is 0.686 bits per heavy atom. The maximum atomic E-state index is 6.83. The first-order chi connectivity index (χ1) is 17.3. The van der Waals surface area contributed by atoms with Gasteiger partial charge in [-0.25, -0.2) is 0 Å². The highest BCUT2D eigenvalue weighted by molar-refractivity contribution is 6.64. The van der Waals surface area contributed by atoms with E-state index in [-0.39, 0.29) is 0 Å². The molecule has 4 nitrogen and oxygen atoms in total. The SMILES string of the molecule is c1ccc(O[Si](Oc2ccccc2)(Oc2ccccc2)n2c3ccccc3c3ccccc32)cc1. The standard InChI is InChI=1S/C30H23NO3Si/c1-4-14-24(15-5-1)32-35(33-25-16-6-2-7-17-25,34-26-18-8-3-9-19-26)31-29-22-12-10-20-27(29)28-21-11-13-23-30(28)31/h1-23H. The van der Waals surface area contributed by atoms with Gasteiger partial charge >= 0.3 is 8.97 Å². The number of benzene rings is 5. The lowest BCUT2D eigenvalue weighted by atomic mass is 10.2. The molecule has 0 N–H and O–H groups in total. The summed E-state index contributed by atoms with van der Waals surface area (Å²) in [4.78, 5) is 0. The molecule has 170 valence electrons. The van der Waals surface area contributed by atoms with Crippen molar-refractivity contribution in [3.8, 4) is 17.2 Å². The zero-order chi connectivity index (χ0) is 23.5. The Hall–Kier alpha value is -4.48. The average molecular weight is 474 g/mol. The number of hydrogen-bond donors (Lipinski definition) is 0. The summed E-state index contributed by atoms with van der Waals surface area (Å²) in [5.74, 6) is 2.02. The van der Waals surface area contributed by atoms with Gasteiger partial charge in [-0.2, -0.15) is 0 Å². The van der Waals surface area contributed by atoms with E-state index in [9.17, 15) is 0 Å². The summed E-state index contributed by atoms with van der Waals surface area (Å²) in [7, 11) is -3.75. The van der Waals surface area contributed by atoms with Crippen molar-refractivity contribution >= 4 is 30.8 Å². The second-order valence-corrected chi connectivity index (χ2v) is 10.2. The van der Waals surface area contributed by atoms with Crippen molar-refractivity contribution in [2.75, 3.05) is 0 Å². The van der Waals surface area contributed by atoms with E-state index in [1.165, 1.54) is 0 Å². The first-order valence-electron chi connectivity index (χ1n) is 11.5. The van der Waals surface area contributed by atoms with E-state index in [0.717, 1.165) is 21.8 Å². The van der Waals surface area contributed by atoms with Crippen molar-refractivity contribution in [2.45, 2.75) is 0 Å². The molecule has 0 aliphatic carbocycles. The summed E-state index contributed by atoms with van der Waals surface area (Å²) in [6.45, 7) is 0. The Balaban J connectivity index is 1.67. The number of hydrogen-bond acceptors (Lipinski definition) is 3. The second kappa shape index (κ2) is 9.04. The maximum absolute atomic E-state index is 6.83. The van der Waals surface area contributed by atoms with E-state index in [4.69, 9.17) is 13.3 Å². The molecule has 5 heteroatoms. The predicted octanol–water partition coefficient (Wildman–Crippen LogP) is 7.32. The minimum atomic E-state index is -3.75. The fourth-order valence-corrected chi connectivity index (χ4v) is 7.01. The van der Waals surface area contributed by atoms with Gasteiger partial charge in [-0.15, -0.1) is 0 Å². The molecular weight excluding hydrogens is 450 g/mol. The van der Waals surface area contributed by atoms with Crippen molar-refractivity contribution in [3.63, 3.8) is 0 Å². The Morgan fingerprint density at radius 3 is 1.06 bits per heavy atom. The number of rotatable bonds is 7. The van der Waals surface area contributed by atoms with Gasteiger partial charge in [0, 0.05) is 21.8 Å². The van der Waals surface area contributed by atoms with Crippen LogP contribution in [0.3, 0.4) is 0 Å². The smallest absolute Gasteiger partial charge is 0.467 e. The molecule has 0 unspecified atom stereocenters. The minimum Gasteiger partial charge on any atom is -0.467 e. The number of fused-ring (bicyclic) bond motifs is 3. The normalized spacial score (nSPS) is 11.4. The summed E-state index contributed by atoms with van der Waals surface area (Å²) in [6, 6.07) is 45.8. The minimum absolute atomic E-state index is 0.674. The highest BCUT2D eigenvalue weighted by Gasteiger charge is 2.56. The Labute approximate surface area is 205 Å². The first kappa shape index (κ1) is 21.1. The monoisotopic (exact) mass is 473 g/mol. The van der Waals surface area contributed by atoms with Crippen molar-refractivity contribution in [1.29, 1.82) is 0 Å². The van der Waals surface area contributed by atoms with Gasteiger partial charge in [-0.05, 0) is 48.5 Å². The van der Waals surface area contributed by atoms with E-state index in [1.807, 2.05) is 103 Å². The van der Waals surface area contributed by atoms with Gasteiger partial charge in [0.2, 0.25) is 0 Å². The van der Waals surface area contributed by atoms with Crippen LogP contribution in [0.1, 0.15) is 0 Å². The van der Waals surface area contributed by atoms with Crippen LogP contribution in [-0.4, -0.2) is 13.2 Å². The molecule has 0 aliphatic rings. The fraction of sp³-hybridized carbons (Fsp3) is 0. The molecule has 0 atom stereocenters. The zero-order valence-corrected chi connectivity index (χ0v) is 20.0. The van der Waals surface area contributed by atoms with Crippen LogP contribution in [0, 0.1) is 0 Å². The fourth-order valence-electron chi connectivity index (χ4n) is 4.33. The zero-order valence-electron chi connectivity index (χ0n) is 19.0. The summed E-state index contributed by atoms with van der Waals surface area (Å²) in [6.07, 6.45) is 0. The van der Waals surface area contributed by atoms with Gasteiger partial charge in [0.1, 0.15) is 17.2 Å². The van der Waals surface area contributed by atoms with Crippen LogP contribution in [0.25, 0.3) is 21.8 Å². The molecule has 1 heterocycles. The Bertz CT molecular complexity index is 1410. The lowest BCUT2D eigenvalue weighted by molar-refractivity contribution is 0.250. The molecule has 0 amide bonds. The number of nitrogens with zero attached hydrogens (tertiary/aromatic N) is 1. The molecule has 6 aromatic rings. The Morgan fingerprint density at radius 1 is 0.371 bits per heavy atom. The van der Waals surface area contributed by atoms with Crippen LogP contribution in [0.2, 0.25) is 0 Å². The topological polar surface area (TPSA) is 32.6 Å². The molecule has 6 rings (SSSR count). The Kier molecular flexibility index (Phi) is 5.45. The second-order valence-electron chi connectivity index (χ2n) is 8.14. The van der Waals surface area contributed by atoms with Gasteiger partial charge in [-0.3, -0.25) is 4.23 Å². The van der Waals surface area contributed by atoms with Crippen LogP contribution in [0.5, 0.6) is 17.2 Å². The molecule has 0 fully saturated rings. The number of aromatic nitrogens is 1. The first-order valence-corrected chi connectivity index (χ1v) is 13.2. The van der Waals surface area contributed by atoms with Gasteiger partial charge in [0.25, 0.3) is 0 Å². The molecule has 0 saturated heterocycles. The average Bonchev–Trinajstić information content (AvgIpc) is 3.25. The molecule has 0 spiro atoms. The third-order valence-electron chi connectivity index (χ3n) is 5.82. The molecule has 0 aliphatic heterocycles. The van der Waals surface area contributed by atoms with Crippen molar-refractivity contribution in [3.05, 3.63) is 140 Å². The van der Waals surface area contributed by atoms with Gasteiger partial charge < -0.3 is 13.3 Å². The van der Waals surface area contributed by atoms with Crippen LogP contribution < -0.4 is 13.3 Å². The van der Waals surface area contributed by atoms with Crippen LogP contribution in [0.15, 0.2) is 140 Å². The highest BCUT2D eigenvalue weighted by atomic mass is 28.4. The third-order valence-corrected chi connectivity index (χ3v) is 8.33. The lowest BCUT2D eigenvalue weighted by Crippen LogP contribution is -2.61. The molecule has 0 radical (unpaired) electrons. The quantitative estimate of drug-likeness (QED) is 0.228. The van der Waals surface area contributed by atoms with E-state index in [1.54, 1.807) is 0 Å². The van der Waals surface area contributed by atoms with Crippen molar-refractivity contribution in [1.82, 2.24) is 4.23 Å². The maximum Gasteiger partial charge on any atom is 0.847 e. The van der Waals surface area contributed by atoms with Crippen LogP contribution >= 0.6 is 0 Å². The van der Waals surface area contributed by atoms with Crippen LogP contribution in [0.4, 0.5) is 0 Å². The summed E-state index contributed by atoms with van der Waals surface area (Å²) < 4.78 is 22.6. The lowest BCUT2D eigenvalue weighted by Gasteiger charge is -2.31. The predicted molar refractivity (Wildman–Crippen MR) is 142 cm³/mol. The molecule has 5 aromatic carbocycles. The molecule has 0 bridgehead atoms. The third kappa shape index (κ3) is 4.02. The molecular formula is C30H23NO3Si. The largest absolute Gasteiger partial charge is 0.847 e. The van der Waals surface area contributed by atoms with Gasteiger partial charge in [0.05, 0.1) is 0 Å². The van der Waals surface area contributed by atoms with E-state index < -0.39 is 8.97 Å².